The van der Waals surface area contributed by atoms with Crippen molar-refractivity contribution in [2.75, 3.05) is 18.4 Å². The van der Waals surface area contributed by atoms with Crippen LogP contribution in [0.2, 0.25) is 0 Å². The third-order valence-corrected chi connectivity index (χ3v) is 5.64. The van der Waals surface area contributed by atoms with E-state index in [-0.39, 0.29) is 27.6 Å². The molecule has 7 nitrogen and oxygen atoms in total. The smallest absolute Gasteiger partial charge is 0.337 e. The molecule has 8 heteroatoms. The number of para-hydroxylation sites is 1. The van der Waals surface area contributed by atoms with Gasteiger partial charge in [-0.15, -0.1) is 0 Å². The zero-order valence-corrected chi connectivity index (χ0v) is 16.9. The molecule has 0 spiro atoms. The lowest BCUT2D eigenvalue weighted by atomic mass is 10.1. The number of sulfonamides is 1. The topological polar surface area (TPSA) is 102 Å². The quantitative estimate of drug-likeness (QED) is 0.520. The lowest BCUT2D eigenvalue weighted by molar-refractivity contribution is 0.0600. The Kier molecular flexibility index (Phi) is 7.17. The van der Waals surface area contributed by atoms with Crippen LogP contribution in [0.3, 0.4) is 0 Å². The van der Waals surface area contributed by atoms with Crippen molar-refractivity contribution in [3.63, 3.8) is 0 Å². The summed E-state index contributed by atoms with van der Waals surface area (Å²) in [7, 11) is -2.80. The molecule has 0 radical (unpaired) electrons. The first-order valence-electron chi connectivity index (χ1n) is 8.89. The van der Waals surface area contributed by atoms with Crippen molar-refractivity contribution in [2.45, 2.75) is 31.6 Å². The van der Waals surface area contributed by atoms with E-state index in [2.05, 4.69) is 14.8 Å². The van der Waals surface area contributed by atoms with Gasteiger partial charge in [-0.3, -0.25) is 9.52 Å². The molecule has 0 heterocycles. The molecule has 150 valence electrons. The summed E-state index contributed by atoms with van der Waals surface area (Å²) in [4.78, 5) is 24.1. The van der Waals surface area contributed by atoms with Crippen LogP contribution in [0.4, 0.5) is 5.69 Å². The summed E-state index contributed by atoms with van der Waals surface area (Å²) in [6, 6.07) is 10.7. The van der Waals surface area contributed by atoms with E-state index in [1.165, 1.54) is 31.4 Å². The standard InChI is InChI=1S/C20H24N2O5S/c1-4-5-12-21-19(23)16-8-6-7-9-17(16)22-28(25,26)18-13-15(20(24)27-3)11-10-14(18)2/h6-11,13,22H,4-5,12H2,1-3H3,(H,21,23). The molecule has 0 aliphatic rings. The second-order valence-electron chi connectivity index (χ2n) is 6.23. The maximum absolute atomic E-state index is 12.9. The predicted molar refractivity (Wildman–Crippen MR) is 107 cm³/mol. The molecule has 0 aliphatic carbocycles. The molecule has 2 N–H and O–H groups in total. The predicted octanol–water partition coefficient (Wildman–Crippen LogP) is 3.11. The van der Waals surface area contributed by atoms with Gasteiger partial charge in [0.2, 0.25) is 0 Å². The molecular weight excluding hydrogens is 380 g/mol. The summed E-state index contributed by atoms with van der Waals surface area (Å²) in [6.07, 6.45) is 1.77. The minimum absolute atomic E-state index is 0.0587. The van der Waals surface area contributed by atoms with Gasteiger partial charge in [-0.2, -0.15) is 0 Å². The van der Waals surface area contributed by atoms with Crippen molar-refractivity contribution in [1.29, 1.82) is 0 Å². The number of benzene rings is 2. The van der Waals surface area contributed by atoms with Crippen LogP contribution < -0.4 is 10.0 Å². The molecular formula is C20H24N2O5S. The largest absolute Gasteiger partial charge is 0.465 e. The summed E-state index contributed by atoms with van der Waals surface area (Å²) < 4.78 is 33.0. The minimum atomic E-state index is -4.03. The van der Waals surface area contributed by atoms with Gasteiger partial charge in [0.1, 0.15) is 0 Å². The van der Waals surface area contributed by atoms with Gasteiger partial charge >= 0.3 is 5.97 Å². The third-order valence-electron chi connectivity index (χ3n) is 4.13. The minimum Gasteiger partial charge on any atom is -0.465 e. The molecule has 0 bridgehead atoms. The lowest BCUT2D eigenvalue weighted by Crippen LogP contribution is -2.26. The number of aryl methyl sites for hydroxylation is 1. The molecule has 28 heavy (non-hydrogen) atoms. The van der Waals surface area contributed by atoms with Crippen LogP contribution in [0.15, 0.2) is 47.4 Å². The fourth-order valence-corrected chi connectivity index (χ4v) is 3.93. The number of esters is 1. The molecule has 0 saturated carbocycles. The van der Waals surface area contributed by atoms with Gasteiger partial charge in [-0.1, -0.05) is 31.5 Å². The zero-order valence-electron chi connectivity index (χ0n) is 16.1. The van der Waals surface area contributed by atoms with Crippen LogP contribution in [0, 0.1) is 6.92 Å². The first-order valence-corrected chi connectivity index (χ1v) is 10.4. The molecule has 2 aromatic rings. The molecule has 0 unspecified atom stereocenters. The number of rotatable bonds is 8. The fraction of sp³-hybridized carbons (Fsp3) is 0.300. The number of anilines is 1. The van der Waals surface area contributed by atoms with Crippen molar-refractivity contribution in [2.24, 2.45) is 0 Å². The van der Waals surface area contributed by atoms with Crippen molar-refractivity contribution in [3.05, 3.63) is 59.2 Å². The fourth-order valence-electron chi connectivity index (χ4n) is 2.58. The summed E-state index contributed by atoms with van der Waals surface area (Å²) >= 11 is 0. The Morgan fingerprint density at radius 2 is 1.82 bits per heavy atom. The van der Waals surface area contributed by atoms with Gasteiger partial charge in [0, 0.05) is 6.54 Å². The van der Waals surface area contributed by atoms with Crippen LogP contribution in [-0.4, -0.2) is 33.9 Å². The van der Waals surface area contributed by atoms with Crippen LogP contribution in [-0.2, 0) is 14.8 Å². The zero-order chi connectivity index (χ0) is 20.7. The van der Waals surface area contributed by atoms with Gasteiger partial charge in [0.05, 0.1) is 28.8 Å². The van der Waals surface area contributed by atoms with Crippen LogP contribution in [0.1, 0.15) is 46.0 Å². The Balaban J connectivity index is 2.35. The van der Waals surface area contributed by atoms with E-state index in [1.54, 1.807) is 25.1 Å². The molecule has 0 aliphatic heterocycles. The van der Waals surface area contributed by atoms with E-state index in [4.69, 9.17) is 0 Å². The van der Waals surface area contributed by atoms with Crippen molar-refractivity contribution in [3.8, 4) is 0 Å². The first-order chi connectivity index (χ1) is 13.3. The lowest BCUT2D eigenvalue weighted by Gasteiger charge is -2.14. The van der Waals surface area contributed by atoms with E-state index < -0.39 is 16.0 Å². The SMILES string of the molecule is CCCCNC(=O)c1ccccc1NS(=O)(=O)c1cc(C(=O)OC)ccc1C. The van der Waals surface area contributed by atoms with Crippen LogP contribution in [0.25, 0.3) is 0 Å². The molecule has 0 aromatic heterocycles. The maximum Gasteiger partial charge on any atom is 0.337 e. The second-order valence-corrected chi connectivity index (χ2v) is 7.88. The van der Waals surface area contributed by atoms with Crippen molar-refractivity contribution in [1.82, 2.24) is 5.32 Å². The number of amides is 1. The van der Waals surface area contributed by atoms with Gasteiger partial charge < -0.3 is 10.1 Å². The number of carbonyl (C=O) groups is 2. The number of carbonyl (C=O) groups excluding carboxylic acids is 2. The van der Waals surface area contributed by atoms with Crippen LogP contribution >= 0.6 is 0 Å². The van der Waals surface area contributed by atoms with E-state index in [0.717, 1.165) is 12.8 Å². The molecule has 0 atom stereocenters. The number of methoxy groups -OCH3 is 1. The Bertz CT molecular complexity index is 970. The molecule has 2 rings (SSSR count). The Morgan fingerprint density at radius 1 is 1.11 bits per heavy atom. The highest BCUT2D eigenvalue weighted by molar-refractivity contribution is 7.92. The Labute approximate surface area is 165 Å². The third kappa shape index (κ3) is 5.10. The molecule has 2 aromatic carbocycles. The second kappa shape index (κ2) is 9.36. The maximum atomic E-state index is 12.9. The first kappa shape index (κ1) is 21.4. The van der Waals surface area contributed by atoms with E-state index in [9.17, 15) is 18.0 Å². The molecule has 0 fully saturated rings. The van der Waals surface area contributed by atoms with Gasteiger partial charge in [-0.05, 0) is 43.2 Å². The summed E-state index contributed by atoms with van der Waals surface area (Å²) in [5.41, 5.74) is 0.979. The summed E-state index contributed by atoms with van der Waals surface area (Å²) in [5.74, 6) is -0.987. The van der Waals surface area contributed by atoms with Gasteiger partial charge in [-0.25, -0.2) is 13.2 Å². The highest BCUT2D eigenvalue weighted by atomic mass is 32.2. The van der Waals surface area contributed by atoms with E-state index >= 15 is 0 Å². The number of unbranched alkanes of at least 4 members (excludes halogenated alkanes) is 1. The molecule has 0 saturated heterocycles. The van der Waals surface area contributed by atoms with Gasteiger partial charge in [0.15, 0.2) is 0 Å². The monoisotopic (exact) mass is 404 g/mol. The molecule has 1 amide bonds. The van der Waals surface area contributed by atoms with Crippen LogP contribution in [0.5, 0.6) is 0 Å². The average molecular weight is 404 g/mol. The highest BCUT2D eigenvalue weighted by Crippen LogP contribution is 2.23. The van der Waals surface area contributed by atoms with Gasteiger partial charge in [0.25, 0.3) is 15.9 Å². The van der Waals surface area contributed by atoms with E-state index in [0.29, 0.717) is 12.1 Å². The Hall–Kier alpha value is -2.87. The van der Waals surface area contributed by atoms with E-state index in [1.807, 2.05) is 6.92 Å². The summed E-state index contributed by atoms with van der Waals surface area (Å²) in [6.45, 7) is 4.15. The average Bonchev–Trinajstić information content (AvgIpc) is 2.67. The van der Waals surface area contributed by atoms with Crippen molar-refractivity contribution >= 4 is 27.6 Å². The number of ether oxygens (including phenoxy) is 1. The van der Waals surface area contributed by atoms with Crippen molar-refractivity contribution < 1.29 is 22.7 Å². The highest BCUT2D eigenvalue weighted by Gasteiger charge is 2.22. The Morgan fingerprint density at radius 3 is 2.50 bits per heavy atom. The number of hydrogen-bond donors (Lipinski definition) is 2. The number of hydrogen-bond acceptors (Lipinski definition) is 5. The normalized spacial score (nSPS) is 11.0. The number of nitrogens with one attached hydrogen (secondary N) is 2. The summed E-state index contributed by atoms with van der Waals surface area (Å²) in [5, 5.41) is 2.77.